The minimum Gasteiger partial charge on any atom is -0.345 e. The molecule has 4 rings (SSSR count). The number of fused-ring (bicyclic) bond motifs is 2. The molecule has 1 N–H and O–H groups in total. The molecule has 4 heterocycles. The Balaban J connectivity index is 1.62. The Morgan fingerprint density at radius 3 is 2.93 bits per heavy atom. The molecule has 11 heteroatoms. The third-order valence-corrected chi connectivity index (χ3v) is 5.06. The number of hydrogen-bond donors (Lipinski definition) is 1. The number of hydrogen-bond acceptors (Lipinski definition) is 5. The van der Waals surface area contributed by atoms with Gasteiger partial charge in [0.1, 0.15) is 5.65 Å². The third kappa shape index (κ3) is 3.26. The largest absolute Gasteiger partial charge is 0.417 e. The summed E-state index contributed by atoms with van der Waals surface area (Å²) in [5.74, 6) is -0.245. The first-order chi connectivity index (χ1) is 12.8. The minimum absolute atomic E-state index is 0.0312. The topological polar surface area (TPSA) is 75.9 Å². The molecule has 4 aromatic heterocycles. The van der Waals surface area contributed by atoms with Crippen LogP contribution >= 0.6 is 23.4 Å². The highest BCUT2D eigenvalue weighted by atomic mass is 35.5. The average molecular weight is 412 g/mol. The lowest BCUT2D eigenvalue weighted by molar-refractivity contribution is -0.137. The summed E-state index contributed by atoms with van der Waals surface area (Å²) in [7, 11) is 0. The zero-order chi connectivity index (χ0) is 19.2. The molecule has 138 valence electrons. The molecule has 0 radical (unpaired) electrons. The molecule has 0 bridgehead atoms. The maximum atomic E-state index is 13.0. The second-order valence-corrected chi connectivity index (χ2v) is 6.91. The fourth-order valence-corrected chi connectivity index (χ4v) is 3.62. The number of rotatable bonds is 4. The van der Waals surface area contributed by atoms with E-state index in [1.165, 1.54) is 0 Å². The molecule has 0 spiro atoms. The Labute approximate surface area is 158 Å². The minimum atomic E-state index is -4.56. The van der Waals surface area contributed by atoms with E-state index >= 15 is 0 Å². The molecule has 4 aromatic rings. The van der Waals surface area contributed by atoms with E-state index in [1.807, 2.05) is 0 Å². The van der Waals surface area contributed by atoms with Gasteiger partial charge in [-0.15, -0.1) is 10.2 Å². The number of thioether (sulfide) groups is 1. The van der Waals surface area contributed by atoms with Gasteiger partial charge >= 0.3 is 6.18 Å². The molecule has 0 aromatic carbocycles. The zero-order valence-corrected chi connectivity index (χ0v) is 14.9. The van der Waals surface area contributed by atoms with Crippen LogP contribution in [0, 0.1) is 0 Å². The van der Waals surface area contributed by atoms with Crippen LogP contribution in [0.5, 0.6) is 0 Å². The Kier molecular flexibility index (Phi) is 4.31. The maximum Gasteiger partial charge on any atom is 0.417 e. The first-order valence-corrected chi connectivity index (χ1v) is 8.90. The molecular formula is C16H9ClF3N5OS. The highest BCUT2D eigenvalue weighted by molar-refractivity contribution is 7.99. The first-order valence-electron chi connectivity index (χ1n) is 7.54. The van der Waals surface area contributed by atoms with Gasteiger partial charge in [0, 0.05) is 29.5 Å². The Morgan fingerprint density at radius 2 is 2.15 bits per heavy atom. The van der Waals surface area contributed by atoms with E-state index in [9.17, 15) is 18.0 Å². The van der Waals surface area contributed by atoms with Crippen LogP contribution in [-0.4, -0.2) is 36.1 Å². The first kappa shape index (κ1) is 17.8. The van der Waals surface area contributed by atoms with Crippen LogP contribution in [0.2, 0.25) is 5.02 Å². The van der Waals surface area contributed by atoms with Crippen LogP contribution in [0.3, 0.4) is 0 Å². The average Bonchev–Trinajstić information content (AvgIpc) is 3.23. The van der Waals surface area contributed by atoms with E-state index in [-0.39, 0.29) is 27.4 Å². The molecule has 0 atom stereocenters. The van der Waals surface area contributed by atoms with Crippen molar-refractivity contribution in [3.63, 3.8) is 0 Å². The van der Waals surface area contributed by atoms with Crippen molar-refractivity contribution in [1.29, 1.82) is 0 Å². The van der Waals surface area contributed by atoms with Crippen LogP contribution in [-0.2, 0) is 6.18 Å². The van der Waals surface area contributed by atoms with Crippen LogP contribution in [0.1, 0.15) is 15.9 Å². The molecule has 0 unspecified atom stereocenters. The Morgan fingerprint density at radius 1 is 1.33 bits per heavy atom. The lowest BCUT2D eigenvalue weighted by Gasteiger charge is -2.08. The van der Waals surface area contributed by atoms with Gasteiger partial charge < -0.3 is 4.98 Å². The summed E-state index contributed by atoms with van der Waals surface area (Å²) in [6.45, 7) is 0. The quantitative estimate of drug-likeness (QED) is 0.401. The van der Waals surface area contributed by atoms with E-state index in [0.717, 1.165) is 28.4 Å². The predicted octanol–water partition coefficient (Wildman–Crippen LogP) is 4.25. The predicted molar refractivity (Wildman–Crippen MR) is 94.1 cm³/mol. The summed E-state index contributed by atoms with van der Waals surface area (Å²) in [6, 6.07) is 4.27. The van der Waals surface area contributed by atoms with Gasteiger partial charge in [0.25, 0.3) is 0 Å². The van der Waals surface area contributed by atoms with E-state index in [1.54, 1.807) is 24.5 Å². The number of alkyl halides is 3. The van der Waals surface area contributed by atoms with E-state index < -0.39 is 11.7 Å². The summed E-state index contributed by atoms with van der Waals surface area (Å²) >= 11 is 6.86. The van der Waals surface area contributed by atoms with Crippen molar-refractivity contribution in [1.82, 2.24) is 24.6 Å². The summed E-state index contributed by atoms with van der Waals surface area (Å²) in [5.41, 5.74) is 0.209. The van der Waals surface area contributed by atoms with Crippen molar-refractivity contribution in [2.45, 2.75) is 11.3 Å². The highest BCUT2D eigenvalue weighted by Gasteiger charge is 2.32. The number of ketones is 1. The summed E-state index contributed by atoms with van der Waals surface area (Å²) < 4.78 is 40.1. The molecule has 0 aliphatic rings. The van der Waals surface area contributed by atoms with Crippen molar-refractivity contribution < 1.29 is 18.0 Å². The molecule has 0 fully saturated rings. The highest BCUT2D eigenvalue weighted by Crippen LogP contribution is 2.33. The zero-order valence-electron chi connectivity index (χ0n) is 13.3. The van der Waals surface area contributed by atoms with E-state index in [4.69, 9.17) is 11.6 Å². The number of nitrogens with one attached hydrogen (secondary N) is 1. The van der Waals surface area contributed by atoms with Gasteiger partial charge in [0.2, 0.25) is 0 Å². The summed E-state index contributed by atoms with van der Waals surface area (Å²) in [6.07, 6.45) is -0.534. The van der Waals surface area contributed by atoms with Gasteiger partial charge in [-0.1, -0.05) is 23.4 Å². The number of halogens is 4. The number of H-pyrrole nitrogens is 1. The standard InChI is InChI=1S/C16H9ClF3N5OS/c17-11-4-8(16(18,19)20)6-25-14(11)23-24-15(25)27-7-12(26)10-5-22-13-9(10)2-1-3-21-13/h1-6H,7H2,(H,21,22). The van der Waals surface area contributed by atoms with Crippen LogP contribution in [0.25, 0.3) is 16.7 Å². The molecule has 0 aliphatic heterocycles. The van der Waals surface area contributed by atoms with Gasteiger partial charge in [-0.3, -0.25) is 9.20 Å². The van der Waals surface area contributed by atoms with Gasteiger partial charge in [0.15, 0.2) is 16.6 Å². The number of nitrogens with zero attached hydrogens (tertiary/aromatic N) is 4. The van der Waals surface area contributed by atoms with Crippen molar-refractivity contribution in [3.05, 3.63) is 52.9 Å². The third-order valence-electron chi connectivity index (χ3n) is 3.84. The van der Waals surface area contributed by atoms with Crippen molar-refractivity contribution >= 4 is 45.8 Å². The number of aromatic nitrogens is 5. The van der Waals surface area contributed by atoms with Crippen molar-refractivity contribution in [3.8, 4) is 0 Å². The second-order valence-electron chi connectivity index (χ2n) is 5.56. The molecule has 0 amide bonds. The molecule has 0 saturated heterocycles. The number of aromatic amines is 1. The molecule has 0 saturated carbocycles. The lowest BCUT2D eigenvalue weighted by Crippen LogP contribution is -2.07. The summed E-state index contributed by atoms with van der Waals surface area (Å²) in [4.78, 5) is 19.5. The molecule has 0 aliphatic carbocycles. The monoisotopic (exact) mass is 411 g/mol. The van der Waals surface area contributed by atoms with Crippen LogP contribution in [0.4, 0.5) is 13.2 Å². The Hall–Kier alpha value is -2.59. The van der Waals surface area contributed by atoms with Crippen molar-refractivity contribution in [2.75, 3.05) is 5.75 Å². The van der Waals surface area contributed by atoms with Crippen LogP contribution < -0.4 is 0 Å². The molecule has 27 heavy (non-hydrogen) atoms. The van der Waals surface area contributed by atoms with Crippen LogP contribution in [0.15, 0.2) is 41.9 Å². The van der Waals surface area contributed by atoms with Gasteiger partial charge in [-0.2, -0.15) is 13.2 Å². The second kappa shape index (κ2) is 6.54. The molecular weight excluding hydrogens is 403 g/mol. The smallest absolute Gasteiger partial charge is 0.345 e. The maximum absolute atomic E-state index is 13.0. The number of pyridine rings is 2. The normalized spacial score (nSPS) is 12.1. The van der Waals surface area contributed by atoms with Gasteiger partial charge in [-0.05, 0) is 18.2 Å². The van der Waals surface area contributed by atoms with E-state index in [2.05, 4.69) is 20.2 Å². The number of carbonyl (C=O) groups excluding carboxylic acids is 1. The summed E-state index contributed by atoms with van der Waals surface area (Å²) in [5, 5.41) is 8.30. The molecule has 6 nitrogen and oxygen atoms in total. The number of carbonyl (C=O) groups is 1. The SMILES string of the molecule is O=C(CSc1nnc2c(Cl)cc(C(F)(F)F)cn12)c1c[nH]c2ncccc12. The van der Waals surface area contributed by atoms with Gasteiger partial charge in [-0.25, -0.2) is 4.98 Å². The van der Waals surface area contributed by atoms with E-state index in [0.29, 0.717) is 16.6 Å². The fourth-order valence-electron chi connectivity index (χ4n) is 2.58. The Bertz CT molecular complexity index is 1170. The lowest BCUT2D eigenvalue weighted by atomic mass is 10.1. The van der Waals surface area contributed by atoms with Gasteiger partial charge in [0.05, 0.1) is 16.3 Å². The fraction of sp³-hybridized carbons (Fsp3) is 0.125. The number of Topliss-reactive ketones (excluding diaryl/α,β-unsaturated/α-hetero) is 1. The van der Waals surface area contributed by atoms with Crippen molar-refractivity contribution in [2.24, 2.45) is 0 Å².